The summed E-state index contributed by atoms with van der Waals surface area (Å²) in [6.07, 6.45) is 2.10. The molecule has 0 aliphatic carbocycles. The molecule has 0 fully saturated rings. The van der Waals surface area contributed by atoms with Gasteiger partial charge in [0.1, 0.15) is 5.60 Å². The quantitative estimate of drug-likeness (QED) is 0.660. The van der Waals surface area contributed by atoms with Crippen LogP contribution in [-0.2, 0) is 9.53 Å². The lowest BCUT2D eigenvalue weighted by molar-refractivity contribution is -0.139. The number of ether oxygens (including phenoxy) is 1. The largest absolute Gasteiger partial charge is 0.369 e. The number of rotatable bonds is 8. The van der Waals surface area contributed by atoms with Crippen molar-refractivity contribution in [3.63, 3.8) is 0 Å². The number of nitrogens with zero attached hydrogens (tertiary/aromatic N) is 1. The normalized spacial score (nSPS) is 12.2. The van der Waals surface area contributed by atoms with Crippen LogP contribution in [-0.4, -0.2) is 49.7 Å². The van der Waals surface area contributed by atoms with Crippen LogP contribution >= 0.6 is 0 Å². The fraction of sp³-hybridized carbons (Fsp3) is 0.923. The molecule has 0 aliphatic rings. The molecule has 1 N–H and O–H groups in total. The zero-order chi connectivity index (χ0) is 13.5. The zero-order valence-electron chi connectivity index (χ0n) is 12.2. The highest BCUT2D eigenvalue weighted by Gasteiger charge is 2.26. The summed E-state index contributed by atoms with van der Waals surface area (Å²) in [5.74, 6) is -0.0442. The summed E-state index contributed by atoms with van der Waals surface area (Å²) < 4.78 is 5.11. The maximum Gasteiger partial charge on any atom is 0.251 e. The molecule has 0 spiro atoms. The second kappa shape index (κ2) is 7.67. The van der Waals surface area contributed by atoms with Crippen molar-refractivity contribution in [2.75, 3.05) is 27.2 Å². The molecule has 17 heavy (non-hydrogen) atoms. The van der Waals surface area contributed by atoms with Gasteiger partial charge < -0.3 is 15.0 Å². The number of carbonyl (C=O) groups is 1. The van der Waals surface area contributed by atoms with Crippen molar-refractivity contribution in [1.82, 2.24) is 10.2 Å². The van der Waals surface area contributed by atoms with Crippen molar-refractivity contribution in [2.24, 2.45) is 0 Å². The van der Waals surface area contributed by atoms with E-state index in [-0.39, 0.29) is 5.91 Å². The minimum Gasteiger partial charge on any atom is -0.369 e. The van der Waals surface area contributed by atoms with Crippen LogP contribution in [0.15, 0.2) is 0 Å². The highest BCUT2D eigenvalue weighted by atomic mass is 16.5. The summed E-state index contributed by atoms with van der Waals surface area (Å²) in [4.78, 5) is 14.0. The molecular weight excluding hydrogens is 216 g/mol. The standard InChI is InChI=1S/C13H28N2O2/c1-11(2)15(5)10-8-7-9-14-12(16)13(3,4)17-6/h11H,7-10H2,1-6H3,(H,14,16). The molecule has 0 aliphatic heterocycles. The van der Waals surface area contributed by atoms with Gasteiger partial charge in [0, 0.05) is 19.7 Å². The number of amides is 1. The summed E-state index contributed by atoms with van der Waals surface area (Å²) in [6, 6.07) is 0.581. The summed E-state index contributed by atoms with van der Waals surface area (Å²) in [7, 11) is 3.68. The Morgan fingerprint density at radius 3 is 2.41 bits per heavy atom. The van der Waals surface area contributed by atoms with Crippen LogP contribution in [0.4, 0.5) is 0 Å². The van der Waals surface area contributed by atoms with E-state index in [1.54, 1.807) is 21.0 Å². The molecule has 1 amide bonds. The van der Waals surface area contributed by atoms with Gasteiger partial charge in [-0.1, -0.05) is 0 Å². The van der Waals surface area contributed by atoms with Crippen molar-refractivity contribution in [3.8, 4) is 0 Å². The molecule has 0 aromatic carbocycles. The molecule has 4 nitrogen and oxygen atoms in total. The molecule has 0 bridgehead atoms. The third-order valence-electron chi connectivity index (χ3n) is 3.16. The summed E-state index contributed by atoms with van der Waals surface area (Å²) in [6.45, 7) is 9.70. The van der Waals surface area contributed by atoms with E-state index in [2.05, 4.69) is 31.1 Å². The van der Waals surface area contributed by atoms with Gasteiger partial charge in [-0.15, -0.1) is 0 Å². The van der Waals surface area contributed by atoms with Crippen molar-refractivity contribution >= 4 is 5.91 Å². The van der Waals surface area contributed by atoms with Gasteiger partial charge in [0.15, 0.2) is 0 Å². The van der Waals surface area contributed by atoms with Crippen LogP contribution in [0.3, 0.4) is 0 Å². The Labute approximate surface area is 106 Å². The van der Waals surface area contributed by atoms with Gasteiger partial charge in [-0.3, -0.25) is 4.79 Å². The van der Waals surface area contributed by atoms with E-state index in [4.69, 9.17) is 4.74 Å². The summed E-state index contributed by atoms with van der Waals surface area (Å²) >= 11 is 0. The lowest BCUT2D eigenvalue weighted by Gasteiger charge is -2.22. The fourth-order valence-corrected chi connectivity index (χ4v) is 1.25. The molecule has 0 unspecified atom stereocenters. The molecule has 0 atom stereocenters. The van der Waals surface area contributed by atoms with Crippen LogP contribution in [0.25, 0.3) is 0 Å². The predicted molar refractivity (Wildman–Crippen MR) is 71.1 cm³/mol. The average Bonchev–Trinajstić information content (AvgIpc) is 2.27. The first-order valence-electron chi connectivity index (χ1n) is 6.35. The molecule has 0 saturated carbocycles. The van der Waals surface area contributed by atoms with E-state index >= 15 is 0 Å². The van der Waals surface area contributed by atoms with E-state index < -0.39 is 5.60 Å². The van der Waals surface area contributed by atoms with Gasteiger partial charge >= 0.3 is 0 Å². The second-order valence-corrected chi connectivity index (χ2v) is 5.25. The lowest BCUT2D eigenvalue weighted by Crippen LogP contribution is -2.43. The van der Waals surface area contributed by atoms with Crippen molar-refractivity contribution < 1.29 is 9.53 Å². The Kier molecular flexibility index (Phi) is 7.39. The van der Waals surface area contributed by atoms with Crippen LogP contribution in [0.5, 0.6) is 0 Å². The third-order valence-corrected chi connectivity index (χ3v) is 3.16. The Bertz CT molecular complexity index is 227. The summed E-state index contributed by atoms with van der Waals surface area (Å²) in [5.41, 5.74) is -0.727. The number of nitrogens with one attached hydrogen (secondary N) is 1. The Morgan fingerprint density at radius 1 is 1.35 bits per heavy atom. The minimum atomic E-state index is -0.727. The fourth-order valence-electron chi connectivity index (χ4n) is 1.25. The van der Waals surface area contributed by atoms with Gasteiger partial charge in [-0.2, -0.15) is 0 Å². The average molecular weight is 244 g/mol. The van der Waals surface area contributed by atoms with E-state index in [0.29, 0.717) is 6.04 Å². The number of methoxy groups -OCH3 is 1. The predicted octanol–water partition coefficient (Wildman–Crippen LogP) is 1.65. The smallest absolute Gasteiger partial charge is 0.251 e. The van der Waals surface area contributed by atoms with E-state index in [0.717, 1.165) is 25.9 Å². The molecule has 0 radical (unpaired) electrons. The van der Waals surface area contributed by atoms with Crippen LogP contribution in [0.2, 0.25) is 0 Å². The van der Waals surface area contributed by atoms with Gasteiger partial charge in [-0.05, 0) is 54.1 Å². The number of carbonyl (C=O) groups excluding carboxylic acids is 1. The molecule has 102 valence electrons. The topological polar surface area (TPSA) is 41.6 Å². The van der Waals surface area contributed by atoms with Crippen molar-refractivity contribution in [3.05, 3.63) is 0 Å². The van der Waals surface area contributed by atoms with Gasteiger partial charge in [-0.25, -0.2) is 0 Å². The van der Waals surface area contributed by atoms with Gasteiger partial charge in [0.05, 0.1) is 0 Å². The van der Waals surface area contributed by atoms with Gasteiger partial charge in [0.2, 0.25) is 0 Å². The molecular formula is C13H28N2O2. The van der Waals surface area contributed by atoms with Crippen molar-refractivity contribution in [2.45, 2.75) is 52.2 Å². The first-order valence-corrected chi connectivity index (χ1v) is 6.35. The number of unbranched alkanes of at least 4 members (excludes halogenated alkanes) is 1. The van der Waals surface area contributed by atoms with Gasteiger partial charge in [0.25, 0.3) is 5.91 Å². The van der Waals surface area contributed by atoms with Crippen molar-refractivity contribution in [1.29, 1.82) is 0 Å². The van der Waals surface area contributed by atoms with Crippen LogP contribution in [0, 0.1) is 0 Å². The highest BCUT2D eigenvalue weighted by molar-refractivity contribution is 5.84. The molecule has 0 saturated heterocycles. The molecule has 4 heteroatoms. The zero-order valence-corrected chi connectivity index (χ0v) is 12.2. The highest BCUT2D eigenvalue weighted by Crippen LogP contribution is 2.06. The van der Waals surface area contributed by atoms with E-state index in [9.17, 15) is 4.79 Å². The lowest BCUT2D eigenvalue weighted by atomic mass is 10.1. The Balaban J connectivity index is 3.62. The van der Waals surface area contributed by atoms with E-state index in [1.165, 1.54) is 0 Å². The monoisotopic (exact) mass is 244 g/mol. The first kappa shape index (κ1) is 16.4. The first-order chi connectivity index (χ1) is 7.81. The molecule has 0 rings (SSSR count). The maximum absolute atomic E-state index is 11.7. The summed E-state index contributed by atoms with van der Waals surface area (Å²) in [5, 5.41) is 2.89. The molecule has 0 aromatic rings. The minimum absolute atomic E-state index is 0.0442. The molecule has 0 aromatic heterocycles. The maximum atomic E-state index is 11.7. The van der Waals surface area contributed by atoms with E-state index in [1.807, 2.05) is 0 Å². The third kappa shape index (κ3) is 6.64. The number of hydrogen-bond acceptors (Lipinski definition) is 3. The number of hydrogen-bond donors (Lipinski definition) is 1. The van der Waals surface area contributed by atoms with Crippen LogP contribution in [0.1, 0.15) is 40.5 Å². The molecule has 0 heterocycles. The SMILES string of the molecule is COC(C)(C)C(=O)NCCCCN(C)C(C)C. The van der Waals surface area contributed by atoms with Crippen LogP contribution < -0.4 is 5.32 Å². The Morgan fingerprint density at radius 2 is 1.94 bits per heavy atom. The Hall–Kier alpha value is -0.610. The second-order valence-electron chi connectivity index (χ2n) is 5.25.